The van der Waals surface area contributed by atoms with E-state index in [1.165, 1.54) is 0 Å². The smallest absolute Gasteiger partial charge is 0.0710 e. The van der Waals surface area contributed by atoms with Gasteiger partial charge in [0.05, 0.1) is 0 Å². The molecule has 0 N–H and O–H groups in total. The minimum Gasteiger partial charge on any atom is -0.0710 e. The van der Waals surface area contributed by atoms with Crippen molar-refractivity contribution in [3.8, 4) is 0 Å². The Morgan fingerprint density at radius 2 is 0.774 bits per heavy atom. The number of rotatable bonds is 6. The minimum absolute atomic E-state index is 0.662. The Hall–Kier alpha value is 0.0649. The summed E-state index contributed by atoms with van der Waals surface area (Å²) in [6.07, 6.45) is 18.9. The highest BCUT2D eigenvalue weighted by Crippen LogP contribution is 2.66. The lowest BCUT2D eigenvalue weighted by Crippen LogP contribution is -2.55. The summed E-state index contributed by atoms with van der Waals surface area (Å²) in [5.74, 6) is 9.52. The van der Waals surface area contributed by atoms with Crippen LogP contribution in [0.3, 0.4) is 0 Å². The molecule has 31 heavy (non-hydrogen) atoms. The van der Waals surface area contributed by atoms with Crippen molar-refractivity contribution in [2.45, 2.75) is 118 Å². The van der Waals surface area contributed by atoms with E-state index in [9.17, 15) is 0 Å². The van der Waals surface area contributed by atoms with E-state index in [1.807, 2.05) is 0 Å². The number of fused-ring (bicyclic) bond motifs is 6. The standard InChI is InChI=1S/C30H51B/c1-28(2)22-10-7-19(25(28)13-22)16-31(17-20-8-11-23-14-26(20)29(23,3)4)18-21-9-12-24-15-27(21)30(24,5)6/h19-27H,7-18H2,1-6H3/t19-,20-,21-,22+,23+,24+,25+,26+,27+/m1/s1. The molecule has 0 aliphatic heterocycles. The summed E-state index contributed by atoms with van der Waals surface area (Å²) in [5.41, 5.74) is 1.99. The maximum absolute atomic E-state index is 2.61. The summed E-state index contributed by atoms with van der Waals surface area (Å²) in [5, 5.41) is 0. The molecule has 0 unspecified atom stereocenters. The van der Waals surface area contributed by atoms with E-state index in [0.29, 0.717) is 16.2 Å². The molecule has 9 atom stereocenters. The highest BCUT2D eigenvalue weighted by molar-refractivity contribution is 6.59. The topological polar surface area (TPSA) is 0 Å². The van der Waals surface area contributed by atoms with Gasteiger partial charge in [0.1, 0.15) is 6.71 Å². The molecule has 9 aliphatic rings. The zero-order valence-electron chi connectivity index (χ0n) is 21.8. The van der Waals surface area contributed by atoms with Crippen LogP contribution in [0, 0.1) is 69.5 Å². The van der Waals surface area contributed by atoms with Crippen molar-refractivity contribution >= 4 is 6.71 Å². The molecule has 0 radical (unpaired) electrons. The molecule has 0 saturated heterocycles. The summed E-state index contributed by atoms with van der Waals surface area (Å²) >= 11 is 0. The van der Waals surface area contributed by atoms with Crippen molar-refractivity contribution in [3.05, 3.63) is 0 Å². The lowest BCUT2D eigenvalue weighted by Gasteiger charge is -2.62. The van der Waals surface area contributed by atoms with Crippen molar-refractivity contribution in [1.29, 1.82) is 0 Å². The van der Waals surface area contributed by atoms with Crippen LogP contribution in [-0.2, 0) is 0 Å². The quantitative estimate of drug-likeness (QED) is 0.376. The van der Waals surface area contributed by atoms with Crippen LogP contribution in [0.1, 0.15) is 99.3 Å². The van der Waals surface area contributed by atoms with Gasteiger partial charge < -0.3 is 0 Å². The van der Waals surface area contributed by atoms with Crippen LogP contribution in [0.2, 0.25) is 19.0 Å². The van der Waals surface area contributed by atoms with E-state index in [2.05, 4.69) is 41.5 Å². The summed E-state index contributed by atoms with van der Waals surface area (Å²) < 4.78 is 0. The van der Waals surface area contributed by atoms with Crippen LogP contribution < -0.4 is 0 Å². The number of hydrogen-bond donors (Lipinski definition) is 0. The van der Waals surface area contributed by atoms with Gasteiger partial charge in [0.2, 0.25) is 0 Å². The van der Waals surface area contributed by atoms with Crippen LogP contribution in [-0.4, -0.2) is 6.71 Å². The third-order valence-electron chi connectivity index (χ3n) is 13.9. The number of hydrogen-bond acceptors (Lipinski definition) is 0. The average Bonchev–Trinajstić information content (AvgIpc) is 2.73. The van der Waals surface area contributed by atoms with Gasteiger partial charge in [0.15, 0.2) is 0 Å². The van der Waals surface area contributed by atoms with Gasteiger partial charge in [-0.1, -0.05) is 79.8 Å². The molecule has 0 amide bonds. The second-order valence-corrected chi connectivity index (χ2v) is 15.7. The van der Waals surface area contributed by atoms with E-state index >= 15 is 0 Å². The Morgan fingerprint density at radius 1 is 0.484 bits per heavy atom. The molecular weight excluding hydrogens is 371 g/mol. The fourth-order valence-corrected chi connectivity index (χ4v) is 11.3. The lowest BCUT2D eigenvalue weighted by molar-refractivity contribution is -0.104. The first-order valence-corrected chi connectivity index (χ1v) is 14.6. The van der Waals surface area contributed by atoms with E-state index in [1.54, 1.807) is 76.7 Å². The Morgan fingerprint density at radius 3 is 1.00 bits per heavy atom. The van der Waals surface area contributed by atoms with Crippen LogP contribution in [0.25, 0.3) is 0 Å². The molecule has 0 aromatic carbocycles. The van der Waals surface area contributed by atoms with Gasteiger partial charge in [0.25, 0.3) is 0 Å². The van der Waals surface area contributed by atoms with Gasteiger partial charge in [-0.25, -0.2) is 0 Å². The predicted molar refractivity (Wildman–Crippen MR) is 134 cm³/mol. The molecule has 0 aromatic heterocycles. The summed E-state index contributed by atoms with van der Waals surface area (Å²) in [6, 6.07) is 0. The second kappa shape index (κ2) is 7.04. The fourth-order valence-electron chi connectivity index (χ4n) is 11.3. The fraction of sp³-hybridized carbons (Fsp3) is 1.00. The first-order valence-electron chi connectivity index (χ1n) is 14.6. The maximum Gasteiger partial charge on any atom is 0.140 e. The van der Waals surface area contributed by atoms with Gasteiger partial charge in [-0.2, -0.15) is 0 Å². The van der Waals surface area contributed by atoms with Crippen LogP contribution in [0.5, 0.6) is 0 Å². The first kappa shape index (κ1) is 21.6. The van der Waals surface area contributed by atoms with E-state index in [4.69, 9.17) is 0 Å². The molecule has 6 bridgehead atoms. The summed E-state index contributed by atoms with van der Waals surface area (Å²) in [7, 11) is 0. The Kier molecular flexibility index (Phi) is 4.90. The van der Waals surface area contributed by atoms with Crippen molar-refractivity contribution in [2.75, 3.05) is 0 Å². The largest absolute Gasteiger partial charge is 0.140 e. The molecule has 0 heterocycles. The van der Waals surface area contributed by atoms with Crippen molar-refractivity contribution in [3.63, 3.8) is 0 Å². The summed E-state index contributed by atoms with van der Waals surface area (Å²) in [4.78, 5) is 0. The molecule has 9 saturated carbocycles. The normalized spacial score (nSPS) is 49.9. The third-order valence-corrected chi connectivity index (χ3v) is 13.9. The van der Waals surface area contributed by atoms with Crippen LogP contribution in [0.15, 0.2) is 0 Å². The molecule has 9 fully saturated rings. The first-order chi connectivity index (χ1) is 14.6. The van der Waals surface area contributed by atoms with Crippen LogP contribution in [0.4, 0.5) is 0 Å². The van der Waals surface area contributed by atoms with Gasteiger partial charge >= 0.3 is 0 Å². The molecule has 174 valence electrons. The zero-order chi connectivity index (χ0) is 21.8. The van der Waals surface area contributed by atoms with E-state index in [-0.39, 0.29) is 0 Å². The molecule has 0 aromatic rings. The highest BCUT2D eigenvalue weighted by Gasteiger charge is 2.58. The van der Waals surface area contributed by atoms with E-state index < -0.39 is 0 Å². The maximum atomic E-state index is 2.61. The SMILES string of the molecule is CC1(C)[C@H]2CC[C@H](CB(C[C@H]3CC[C@H]4C[C@@H]3C4(C)C)C[C@H]3CC[C@H]4C[C@@H]3C4(C)C)[C@@H]1C2. The van der Waals surface area contributed by atoms with Gasteiger partial charge in [0, 0.05) is 0 Å². The Bertz CT molecular complexity index is 602. The molecule has 9 aliphatic carbocycles. The molecule has 0 spiro atoms. The minimum atomic E-state index is 0.662. The van der Waals surface area contributed by atoms with Gasteiger partial charge in [-0.3, -0.25) is 0 Å². The second-order valence-electron chi connectivity index (χ2n) is 15.7. The van der Waals surface area contributed by atoms with Gasteiger partial charge in [-0.05, 0) is 108 Å². The zero-order valence-corrected chi connectivity index (χ0v) is 21.8. The molecule has 9 rings (SSSR count). The lowest BCUT2D eigenvalue weighted by atomic mass is 9.30. The van der Waals surface area contributed by atoms with Crippen molar-refractivity contribution < 1.29 is 0 Å². The van der Waals surface area contributed by atoms with Crippen molar-refractivity contribution in [2.24, 2.45) is 69.5 Å². The molecule has 0 nitrogen and oxygen atoms in total. The Balaban J connectivity index is 1.18. The van der Waals surface area contributed by atoms with Crippen LogP contribution >= 0.6 is 0 Å². The molecule has 1 heteroatoms. The van der Waals surface area contributed by atoms with Gasteiger partial charge in [-0.15, -0.1) is 0 Å². The third kappa shape index (κ3) is 3.12. The van der Waals surface area contributed by atoms with E-state index in [0.717, 1.165) is 60.0 Å². The predicted octanol–water partition coefficient (Wildman–Crippen LogP) is 8.70. The monoisotopic (exact) mass is 422 g/mol. The van der Waals surface area contributed by atoms with Crippen molar-refractivity contribution in [1.82, 2.24) is 0 Å². The average molecular weight is 423 g/mol. The highest BCUT2D eigenvalue weighted by atomic mass is 14.6. The summed E-state index contributed by atoms with van der Waals surface area (Å²) in [6.45, 7) is 16.7. The molecular formula is C30H51B. The Labute approximate surface area is 194 Å².